The third kappa shape index (κ3) is 1.88. The molecule has 1 aliphatic carbocycles. The Balaban J connectivity index is 1.87. The summed E-state index contributed by atoms with van der Waals surface area (Å²) >= 11 is 0. The van der Waals surface area contributed by atoms with Crippen molar-refractivity contribution in [2.45, 2.75) is 19.8 Å². The minimum Gasteiger partial charge on any atom is -0.371 e. The molecule has 4 heteroatoms. The van der Waals surface area contributed by atoms with Crippen LogP contribution in [-0.2, 0) is 4.79 Å². The van der Waals surface area contributed by atoms with Crippen LogP contribution in [0, 0.1) is 5.92 Å². The SMILES string of the molecule is CCN(CC1CC1)c1ccc2c(c1)NC(=O)C2=O. The van der Waals surface area contributed by atoms with Gasteiger partial charge in [0.15, 0.2) is 0 Å². The number of ketones is 1. The molecule has 0 aromatic heterocycles. The van der Waals surface area contributed by atoms with E-state index in [2.05, 4.69) is 17.1 Å². The van der Waals surface area contributed by atoms with E-state index >= 15 is 0 Å². The summed E-state index contributed by atoms with van der Waals surface area (Å²) in [6, 6.07) is 5.59. The van der Waals surface area contributed by atoms with Gasteiger partial charge in [0.05, 0.1) is 11.3 Å². The fourth-order valence-corrected chi connectivity index (χ4v) is 2.36. The normalized spacial score (nSPS) is 17.6. The second-order valence-corrected chi connectivity index (χ2v) is 5.00. The molecule has 0 unspecified atom stereocenters. The molecule has 1 fully saturated rings. The van der Waals surface area contributed by atoms with Crippen LogP contribution in [0.15, 0.2) is 18.2 Å². The number of nitrogens with zero attached hydrogens (tertiary/aromatic N) is 1. The number of carbonyl (C=O) groups excluding carboxylic acids is 2. The summed E-state index contributed by atoms with van der Waals surface area (Å²) in [4.78, 5) is 25.1. The fraction of sp³-hybridized carbons (Fsp3) is 0.429. The van der Waals surface area contributed by atoms with Crippen LogP contribution in [-0.4, -0.2) is 24.8 Å². The van der Waals surface area contributed by atoms with E-state index in [1.807, 2.05) is 12.1 Å². The number of rotatable bonds is 4. The molecule has 2 aliphatic rings. The summed E-state index contributed by atoms with van der Waals surface area (Å²) in [5, 5.41) is 2.62. The van der Waals surface area contributed by atoms with Crippen molar-refractivity contribution in [3.63, 3.8) is 0 Å². The topological polar surface area (TPSA) is 49.4 Å². The van der Waals surface area contributed by atoms with Gasteiger partial charge in [-0.3, -0.25) is 9.59 Å². The lowest BCUT2D eigenvalue weighted by atomic mass is 10.1. The number of carbonyl (C=O) groups is 2. The van der Waals surface area contributed by atoms with Crippen LogP contribution in [0.25, 0.3) is 0 Å². The van der Waals surface area contributed by atoms with Gasteiger partial charge in [-0.25, -0.2) is 0 Å². The Morgan fingerprint density at radius 3 is 2.78 bits per heavy atom. The van der Waals surface area contributed by atoms with E-state index in [4.69, 9.17) is 0 Å². The van der Waals surface area contributed by atoms with Crippen LogP contribution in [0.2, 0.25) is 0 Å². The summed E-state index contributed by atoms with van der Waals surface area (Å²) in [6.07, 6.45) is 2.63. The average Bonchev–Trinajstić information content (AvgIpc) is 3.14. The smallest absolute Gasteiger partial charge is 0.296 e. The van der Waals surface area contributed by atoms with E-state index in [1.165, 1.54) is 12.8 Å². The Hall–Kier alpha value is -1.84. The van der Waals surface area contributed by atoms with Gasteiger partial charge in [-0.05, 0) is 43.9 Å². The van der Waals surface area contributed by atoms with Crippen molar-refractivity contribution in [1.82, 2.24) is 0 Å². The molecule has 4 nitrogen and oxygen atoms in total. The summed E-state index contributed by atoms with van der Waals surface area (Å²) in [5.74, 6) is -0.136. The van der Waals surface area contributed by atoms with Gasteiger partial charge in [0, 0.05) is 18.8 Å². The number of amides is 1. The van der Waals surface area contributed by atoms with Gasteiger partial charge in [0.1, 0.15) is 0 Å². The van der Waals surface area contributed by atoms with Crippen molar-refractivity contribution in [3.05, 3.63) is 23.8 Å². The van der Waals surface area contributed by atoms with E-state index in [9.17, 15) is 9.59 Å². The molecule has 1 amide bonds. The molecule has 1 saturated carbocycles. The average molecular weight is 244 g/mol. The number of Topliss-reactive ketones (excluding diaryl/α,β-unsaturated/α-hetero) is 1. The number of fused-ring (bicyclic) bond motifs is 1. The summed E-state index contributed by atoms with van der Waals surface area (Å²) < 4.78 is 0. The largest absolute Gasteiger partial charge is 0.371 e. The number of hydrogen-bond donors (Lipinski definition) is 1. The van der Waals surface area contributed by atoms with Crippen molar-refractivity contribution in [1.29, 1.82) is 0 Å². The molecular formula is C14H16N2O2. The van der Waals surface area contributed by atoms with Gasteiger partial charge in [0.2, 0.25) is 0 Å². The summed E-state index contributed by atoms with van der Waals surface area (Å²) in [7, 11) is 0. The van der Waals surface area contributed by atoms with Crippen molar-refractivity contribution in [3.8, 4) is 0 Å². The Labute approximate surface area is 106 Å². The van der Waals surface area contributed by atoms with Crippen molar-refractivity contribution in [2.75, 3.05) is 23.3 Å². The van der Waals surface area contributed by atoms with Gasteiger partial charge in [-0.15, -0.1) is 0 Å². The maximum absolute atomic E-state index is 11.5. The summed E-state index contributed by atoms with van der Waals surface area (Å²) in [5.41, 5.74) is 2.22. The quantitative estimate of drug-likeness (QED) is 0.825. The van der Waals surface area contributed by atoms with Crippen molar-refractivity contribution >= 4 is 23.1 Å². The monoisotopic (exact) mass is 244 g/mol. The lowest BCUT2D eigenvalue weighted by Crippen LogP contribution is -2.25. The maximum Gasteiger partial charge on any atom is 0.296 e. The number of hydrogen-bond acceptors (Lipinski definition) is 3. The van der Waals surface area contributed by atoms with Crippen LogP contribution in [0.5, 0.6) is 0 Å². The first-order chi connectivity index (χ1) is 8.69. The molecule has 1 aromatic rings. The van der Waals surface area contributed by atoms with E-state index in [-0.39, 0.29) is 0 Å². The van der Waals surface area contributed by atoms with Gasteiger partial charge < -0.3 is 10.2 Å². The molecule has 1 heterocycles. The molecule has 3 rings (SSSR count). The zero-order valence-corrected chi connectivity index (χ0v) is 10.4. The highest BCUT2D eigenvalue weighted by Gasteiger charge is 2.29. The van der Waals surface area contributed by atoms with Crippen LogP contribution >= 0.6 is 0 Å². The second-order valence-electron chi connectivity index (χ2n) is 5.00. The number of anilines is 2. The van der Waals surface area contributed by atoms with Crippen LogP contribution in [0.1, 0.15) is 30.1 Å². The zero-order valence-electron chi connectivity index (χ0n) is 10.4. The van der Waals surface area contributed by atoms with Crippen LogP contribution < -0.4 is 10.2 Å². The molecule has 1 aliphatic heterocycles. The maximum atomic E-state index is 11.5. The predicted octanol–water partition coefficient (Wildman–Crippen LogP) is 2.06. The molecule has 0 radical (unpaired) electrons. The number of benzene rings is 1. The molecule has 0 spiro atoms. The van der Waals surface area contributed by atoms with Gasteiger partial charge in [0.25, 0.3) is 11.7 Å². The predicted molar refractivity (Wildman–Crippen MR) is 70.0 cm³/mol. The molecule has 1 N–H and O–H groups in total. The third-order valence-corrected chi connectivity index (χ3v) is 3.62. The number of nitrogens with one attached hydrogen (secondary N) is 1. The lowest BCUT2D eigenvalue weighted by molar-refractivity contribution is -0.112. The van der Waals surface area contributed by atoms with Crippen LogP contribution in [0.3, 0.4) is 0 Å². The minimum atomic E-state index is -0.521. The lowest BCUT2D eigenvalue weighted by Gasteiger charge is -2.23. The Bertz CT molecular complexity index is 521. The highest BCUT2D eigenvalue weighted by molar-refractivity contribution is 6.51. The first kappa shape index (κ1) is 11.3. The molecule has 1 aromatic carbocycles. The zero-order chi connectivity index (χ0) is 12.7. The Kier molecular flexibility index (Phi) is 2.58. The summed E-state index contributed by atoms with van der Waals surface area (Å²) in [6.45, 7) is 4.13. The van der Waals surface area contributed by atoms with E-state index < -0.39 is 11.7 Å². The molecule has 0 atom stereocenters. The first-order valence-electron chi connectivity index (χ1n) is 6.43. The van der Waals surface area contributed by atoms with Gasteiger partial charge in [-0.2, -0.15) is 0 Å². The highest BCUT2D eigenvalue weighted by Crippen LogP contribution is 2.33. The molecule has 94 valence electrons. The van der Waals surface area contributed by atoms with Crippen LogP contribution in [0.4, 0.5) is 11.4 Å². The van der Waals surface area contributed by atoms with E-state index in [0.29, 0.717) is 11.3 Å². The third-order valence-electron chi connectivity index (χ3n) is 3.62. The first-order valence-corrected chi connectivity index (χ1v) is 6.43. The standard InChI is InChI=1S/C14H16N2O2/c1-2-16(8-9-3-4-9)10-5-6-11-12(7-10)15-14(18)13(11)17/h5-7,9H,2-4,8H2,1H3,(H,15,17,18). The highest BCUT2D eigenvalue weighted by atomic mass is 16.2. The van der Waals surface area contributed by atoms with Gasteiger partial charge in [-0.1, -0.05) is 0 Å². The van der Waals surface area contributed by atoms with Crippen molar-refractivity contribution < 1.29 is 9.59 Å². The molecule has 0 saturated heterocycles. The second kappa shape index (κ2) is 4.12. The van der Waals surface area contributed by atoms with Gasteiger partial charge >= 0.3 is 0 Å². The molecular weight excluding hydrogens is 228 g/mol. The minimum absolute atomic E-state index is 0.429. The Morgan fingerprint density at radius 1 is 1.33 bits per heavy atom. The van der Waals surface area contributed by atoms with E-state index in [0.717, 1.165) is 24.7 Å². The Morgan fingerprint density at radius 2 is 2.11 bits per heavy atom. The molecule has 18 heavy (non-hydrogen) atoms. The molecule has 0 bridgehead atoms. The fourth-order valence-electron chi connectivity index (χ4n) is 2.36. The van der Waals surface area contributed by atoms with Crippen molar-refractivity contribution in [2.24, 2.45) is 5.92 Å². The van der Waals surface area contributed by atoms with E-state index in [1.54, 1.807) is 6.07 Å².